The van der Waals surface area contributed by atoms with Crippen LogP contribution < -0.4 is 10.2 Å². The molecule has 0 radical (unpaired) electrons. The Morgan fingerprint density at radius 1 is 1.26 bits per heavy atom. The molecule has 0 atom stereocenters. The summed E-state index contributed by atoms with van der Waals surface area (Å²) in [7, 11) is 1.95. The number of carbonyl (C=O) groups excluding carboxylic acids is 1. The number of benzene rings is 1. The van der Waals surface area contributed by atoms with Gasteiger partial charge in [-0.25, -0.2) is 4.79 Å². The molecule has 0 aromatic heterocycles. The number of hydrogen-bond donors (Lipinski definition) is 1. The van der Waals surface area contributed by atoms with Crippen LogP contribution >= 0.6 is 15.9 Å². The Morgan fingerprint density at radius 3 is 2.48 bits per heavy atom. The van der Waals surface area contributed by atoms with Crippen LogP contribution in [-0.4, -0.2) is 49.8 Å². The maximum absolute atomic E-state index is 12.1. The van der Waals surface area contributed by atoms with E-state index in [2.05, 4.69) is 44.3 Å². The molecular formula is C17H26BrN3O2. The third-order valence-corrected chi connectivity index (χ3v) is 4.17. The van der Waals surface area contributed by atoms with Crippen molar-refractivity contribution in [3.63, 3.8) is 0 Å². The van der Waals surface area contributed by atoms with E-state index in [1.807, 2.05) is 27.8 Å². The Balaban J connectivity index is 2.01. The molecule has 1 saturated heterocycles. The molecular weight excluding hydrogens is 358 g/mol. The van der Waals surface area contributed by atoms with Gasteiger partial charge in [0.25, 0.3) is 0 Å². The molecule has 0 unspecified atom stereocenters. The highest BCUT2D eigenvalue weighted by Gasteiger charge is 2.26. The maximum atomic E-state index is 12.1. The van der Waals surface area contributed by atoms with Crippen LogP contribution in [0.2, 0.25) is 0 Å². The van der Waals surface area contributed by atoms with Crippen LogP contribution in [0.1, 0.15) is 26.3 Å². The molecule has 1 heterocycles. The van der Waals surface area contributed by atoms with E-state index in [0.29, 0.717) is 13.1 Å². The summed E-state index contributed by atoms with van der Waals surface area (Å²) in [4.78, 5) is 16.3. The van der Waals surface area contributed by atoms with Crippen LogP contribution in [0, 0.1) is 0 Å². The zero-order valence-corrected chi connectivity index (χ0v) is 15.9. The minimum absolute atomic E-state index is 0.219. The summed E-state index contributed by atoms with van der Waals surface area (Å²) in [5, 5.41) is 3.21. The van der Waals surface area contributed by atoms with Gasteiger partial charge in [0.15, 0.2) is 0 Å². The molecule has 6 heteroatoms. The van der Waals surface area contributed by atoms with Crippen molar-refractivity contribution in [2.24, 2.45) is 0 Å². The average molecular weight is 384 g/mol. The highest BCUT2D eigenvalue weighted by Crippen LogP contribution is 2.26. The Kier molecular flexibility index (Phi) is 5.92. The fraction of sp³-hybridized carbons (Fsp3) is 0.588. The lowest BCUT2D eigenvalue weighted by molar-refractivity contribution is 0.0240. The number of nitrogens with one attached hydrogen (secondary N) is 1. The number of amides is 1. The summed E-state index contributed by atoms with van der Waals surface area (Å²) >= 11 is 3.53. The Morgan fingerprint density at radius 2 is 1.91 bits per heavy atom. The molecule has 1 fully saturated rings. The molecule has 0 aliphatic carbocycles. The number of carbonyl (C=O) groups is 1. The first kappa shape index (κ1) is 18.1. The zero-order valence-electron chi connectivity index (χ0n) is 14.4. The van der Waals surface area contributed by atoms with Crippen molar-refractivity contribution in [2.45, 2.75) is 32.9 Å². The smallest absolute Gasteiger partial charge is 0.410 e. The van der Waals surface area contributed by atoms with Crippen molar-refractivity contribution in [1.29, 1.82) is 0 Å². The van der Waals surface area contributed by atoms with Gasteiger partial charge < -0.3 is 19.9 Å². The summed E-state index contributed by atoms with van der Waals surface area (Å²) in [6.07, 6.45) is -0.219. The van der Waals surface area contributed by atoms with E-state index >= 15 is 0 Å². The number of piperazine rings is 1. The van der Waals surface area contributed by atoms with Crippen LogP contribution in [0.4, 0.5) is 10.5 Å². The van der Waals surface area contributed by atoms with Gasteiger partial charge in [-0.15, -0.1) is 0 Å². The van der Waals surface area contributed by atoms with Crippen LogP contribution in [0.5, 0.6) is 0 Å². The van der Waals surface area contributed by atoms with E-state index in [-0.39, 0.29) is 6.09 Å². The van der Waals surface area contributed by atoms with Gasteiger partial charge in [0.1, 0.15) is 5.60 Å². The summed E-state index contributed by atoms with van der Waals surface area (Å²) in [6.45, 7) is 9.51. The molecule has 128 valence electrons. The fourth-order valence-electron chi connectivity index (χ4n) is 2.65. The quantitative estimate of drug-likeness (QED) is 0.869. The second-order valence-electron chi connectivity index (χ2n) is 6.76. The normalized spacial score (nSPS) is 15.7. The number of ether oxygens (including phenoxy) is 1. The Labute approximate surface area is 147 Å². The number of halogens is 1. The standard InChI is InChI=1S/C17H26BrN3O2/c1-17(2,3)23-16(22)21-9-7-20(8-10-21)15-6-5-14(18)11-13(15)12-19-4/h5-6,11,19H,7-10,12H2,1-4H3. The second kappa shape index (κ2) is 7.53. The fourth-order valence-corrected chi connectivity index (χ4v) is 3.06. The first-order chi connectivity index (χ1) is 10.8. The van der Waals surface area contributed by atoms with Gasteiger partial charge in [0.2, 0.25) is 0 Å². The van der Waals surface area contributed by atoms with Crippen molar-refractivity contribution in [3.8, 4) is 0 Å². The highest BCUT2D eigenvalue weighted by molar-refractivity contribution is 9.10. The van der Waals surface area contributed by atoms with Crippen molar-refractivity contribution in [1.82, 2.24) is 10.2 Å². The highest BCUT2D eigenvalue weighted by atomic mass is 79.9. The summed E-state index contributed by atoms with van der Waals surface area (Å²) in [5.74, 6) is 0. The average Bonchev–Trinajstić information content (AvgIpc) is 2.46. The number of nitrogens with zero attached hydrogens (tertiary/aromatic N) is 2. The van der Waals surface area contributed by atoms with Crippen molar-refractivity contribution in [2.75, 3.05) is 38.1 Å². The monoisotopic (exact) mass is 383 g/mol. The predicted octanol–water partition coefficient (Wildman–Crippen LogP) is 3.23. The SMILES string of the molecule is CNCc1cc(Br)ccc1N1CCN(C(=O)OC(C)(C)C)CC1. The molecule has 0 saturated carbocycles. The molecule has 1 N–H and O–H groups in total. The topological polar surface area (TPSA) is 44.8 Å². The lowest BCUT2D eigenvalue weighted by Gasteiger charge is -2.37. The van der Waals surface area contributed by atoms with E-state index in [1.54, 1.807) is 4.90 Å². The second-order valence-corrected chi connectivity index (χ2v) is 7.67. The van der Waals surface area contributed by atoms with Gasteiger partial charge in [-0.05, 0) is 51.6 Å². The molecule has 1 amide bonds. The van der Waals surface area contributed by atoms with E-state index < -0.39 is 5.60 Å². The Hall–Kier alpha value is -1.27. The third kappa shape index (κ3) is 5.11. The summed E-state index contributed by atoms with van der Waals surface area (Å²) < 4.78 is 6.53. The lowest BCUT2D eigenvalue weighted by Crippen LogP contribution is -2.50. The lowest BCUT2D eigenvalue weighted by atomic mass is 10.1. The number of hydrogen-bond acceptors (Lipinski definition) is 4. The molecule has 0 bridgehead atoms. The van der Waals surface area contributed by atoms with Gasteiger partial charge in [0.05, 0.1) is 0 Å². The van der Waals surface area contributed by atoms with Gasteiger partial charge in [-0.2, -0.15) is 0 Å². The van der Waals surface area contributed by atoms with Crippen LogP contribution in [0.25, 0.3) is 0 Å². The minimum Gasteiger partial charge on any atom is -0.444 e. The molecule has 1 aromatic carbocycles. The van der Waals surface area contributed by atoms with Crippen molar-refractivity contribution >= 4 is 27.7 Å². The third-order valence-electron chi connectivity index (χ3n) is 3.68. The van der Waals surface area contributed by atoms with E-state index in [0.717, 1.165) is 24.1 Å². The molecule has 0 spiro atoms. The van der Waals surface area contributed by atoms with Gasteiger partial charge in [-0.3, -0.25) is 0 Å². The first-order valence-corrected chi connectivity index (χ1v) is 8.75. The number of rotatable bonds is 3. The minimum atomic E-state index is -0.445. The Bertz CT molecular complexity index is 549. The molecule has 1 aromatic rings. The van der Waals surface area contributed by atoms with E-state index in [1.165, 1.54) is 11.3 Å². The van der Waals surface area contributed by atoms with E-state index in [4.69, 9.17) is 4.74 Å². The van der Waals surface area contributed by atoms with Gasteiger partial charge >= 0.3 is 6.09 Å². The molecule has 1 aliphatic heterocycles. The van der Waals surface area contributed by atoms with Crippen LogP contribution in [0.3, 0.4) is 0 Å². The van der Waals surface area contributed by atoms with Crippen molar-refractivity contribution in [3.05, 3.63) is 28.2 Å². The summed E-state index contributed by atoms with van der Waals surface area (Å²) in [6, 6.07) is 6.35. The molecule has 5 nitrogen and oxygen atoms in total. The molecule has 23 heavy (non-hydrogen) atoms. The van der Waals surface area contributed by atoms with Crippen LogP contribution in [0.15, 0.2) is 22.7 Å². The van der Waals surface area contributed by atoms with Gasteiger partial charge in [-0.1, -0.05) is 15.9 Å². The van der Waals surface area contributed by atoms with E-state index in [9.17, 15) is 4.79 Å². The summed E-state index contributed by atoms with van der Waals surface area (Å²) in [5.41, 5.74) is 2.04. The predicted molar refractivity (Wildman–Crippen MR) is 96.9 cm³/mol. The zero-order chi connectivity index (χ0) is 17.0. The molecule has 2 rings (SSSR count). The maximum Gasteiger partial charge on any atom is 0.410 e. The largest absolute Gasteiger partial charge is 0.444 e. The number of anilines is 1. The van der Waals surface area contributed by atoms with Crippen molar-refractivity contribution < 1.29 is 9.53 Å². The molecule has 1 aliphatic rings. The first-order valence-electron chi connectivity index (χ1n) is 7.96. The van der Waals surface area contributed by atoms with Gasteiger partial charge in [0, 0.05) is 42.9 Å². The van der Waals surface area contributed by atoms with Crippen LogP contribution in [-0.2, 0) is 11.3 Å².